The molecular weight excluding hydrogens is 550 g/mol. The van der Waals surface area contributed by atoms with E-state index in [1.807, 2.05) is 15.9 Å². The fourth-order valence-corrected chi connectivity index (χ4v) is 5.37. The Labute approximate surface area is 240 Å². The highest BCUT2D eigenvalue weighted by molar-refractivity contribution is 5.50. The number of nitrogens with zero attached hydrogens (tertiary/aromatic N) is 4. The lowest BCUT2D eigenvalue weighted by Crippen LogP contribution is -2.51. The number of nitrogens with two attached hydrogens (primary N) is 1. The number of aromatic nitrogens is 2. The number of hydrogen-bond donors (Lipinski definition) is 1. The van der Waals surface area contributed by atoms with E-state index in [1.54, 1.807) is 31.2 Å². The molecule has 1 aromatic heterocycles. The molecule has 1 aliphatic rings. The first kappa shape index (κ1) is 29.3. The van der Waals surface area contributed by atoms with Crippen LogP contribution in [0, 0.1) is 30.2 Å². The third-order valence-electron chi connectivity index (χ3n) is 7.72. The van der Waals surface area contributed by atoms with Crippen molar-refractivity contribution in [3.63, 3.8) is 0 Å². The summed E-state index contributed by atoms with van der Waals surface area (Å²) in [5.74, 6) is -3.42. The Hall–Kier alpha value is -4.22. The van der Waals surface area contributed by atoms with Crippen molar-refractivity contribution in [3.8, 4) is 0 Å². The average molecular weight is 582 g/mol. The molecule has 0 radical (unpaired) electrons. The van der Waals surface area contributed by atoms with Crippen LogP contribution < -0.4 is 21.9 Å². The van der Waals surface area contributed by atoms with Gasteiger partial charge in [-0.1, -0.05) is 42.5 Å². The first-order valence-electron chi connectivity index (χ1n) is 13.6. The summed E-state index contributed by atoms with van der Waals surface area (Å²) in [7, 11) is 0. The summed E-state index contributed by atoms with van der Waals surface area (Å²) in [6.45, 7) is 3.24. The number of halogens is 4. The molecule has 11 heteroatoms. The zero-order valence-electron chi connectivity index (χ0n) is 23.1. The van der Waals surface area contributed by atoms with Crippen molar-refractivity contribution in [2.24, 2.45) is 5.73 Å². The molecule has 3 aromatic carbocycles. The van der Waals surface area contributed by atoms with Gasteiger partial charge in [0.2, 0.25) is 0 Å². The predicted molar refractivity (Wildman–Crippen MR) is 152 cm³/mol. The van der Waals surface area contributed by atoms with Gasteiger partial charge in [-0.25, -0.2) is 22.4 Å². The summed E-state index contributed by atoms with van der Waals surface area (Å²) in [6.07, 6.45) is 0. The molecule has 220 valence electrons. The summed E-state index contributed by atoms with van der Waals surface area (Å²) in [6, 6.07) is 15.6. The third-order valence-corrected chi connectivity index (χ3v) is 7.72. The molecule has 1 saturated heterocycles. The highest BCUT2D eigenvalue weighted by Gasteiger charge is 2.27. The van der Waals surface area contributed by atoms with Crippen LogP contribution >= 0.6 is 0 Å². The zero-order valence-corrected chi connectivity index (χ0v) is 23.1. The number of piperazine rings is 1. The Kier molecular flexibility index (Phi) is 8.60. The van der Waals surface area contributed by atoms with Crippen LogP contribution in [0.15, 0.2) is 76.3 Å². The fourth-order valence-electron chi connectivity index (χ4n) is 5.37. The topological polar surface area (TPSA) is 76.5 Å². The second kappa shape index (κ2) is 12.3. The van der Waals surface area contributed by atoms with Crippen molar-refractivity contribution in [3.05, 3.63) is 133 Å². The van der Waals surface area contributed by atoms with E-state index in [-0.39, 0.29) is 23.5 Å². The third kappa shape index (κ3) is 6.02. The normalized spacial score (nSPS) is 14.8. The Morgan fingerprint density at radius 3 is 2.07 bits per heavy atom. The SMILES string of the molecule is Cc1c(N2CCN(Cc3ccc(F)c(F)c3)CC2)c(=O)n(C[C@@H](N)c2ccccc2)c(=O)n1Cc1c(F)cccc1F. The van der Waals surface area contributed by atoms with Gasteiger partial charge in [0.1, 0.15) is 17.3 Å². The molecule has 0 bridgehead atoms. The lowest BCUT2D eigenvalue weighted by molar-refractivity contribution is 0.248. The highest BCUT2D eigenvalue weighted by atomic mass is 19.2. The zero-order chi connectivity index (χ0) is 30.0. The van der Waals surface area contributed by atoms with Gasteiger partial charge < -0.3 is 10.6 Å². The summed E-state index contributed by atoms with van der Waals surface area (Å²) in [5.41, 5.74) is 6.73. The molecule has 7 nitrogen and oxygen atoms in total. The largest absolute Gasteiger partial charge is 0.363 e. The smallest absolute Gasteiger partial charge is 0.331 e. The van der Waals surface area contributed by atoms with Crippen LogP contribution in [0.4, 0.5) is 23.2 Å². The van der Waals surface area contributed by atoms with E-state index in [1.165, 1.54) is 16.7 Å². The van der Waals surface area contributed by atoms with Gasteiger partial charge in [0, 0.05) is 50.0 Å². The van der Waals surface area contributed by atoms with Gasteiger partial charge in [0.15, 0.2) is 11.6 Å². The molecule has 1 aliphatic heterocycles. The summed E-state index contributed by atoms with van der Waals surface area (Å²) >= 11 is 0. The molecule has 0 aliphatic carbocycles. The van der Waals surface area contributed by atoms with Crippen molar-refractivity contribution in [2.75, 3.05) is 31.1 Å². The standard InChI is InChI=1S/C31H31F4N5O2/c1-20-29(38-14-12-37(13-15-38)17-21-10-11-26(34)27(35)16-21)30(41)40(19-28(36)22-6-3-2-4-7-22)31(42)39(20)18-23-24(32)8-5-9-25(23)33/h2-11,16,28H,12-15,17-19,36H2,1H3/t28-/m1/s1. The number of rotatable bonds is 8. The summed E-state index contributed by atoms with van der Waals surface area (Å²) in [4.78, 5) is 31.5. The van der Waals surface area contributed by atoms with Crippen LogP contribution in [-0.2, 0) is 19.6 Å². The van der Waals surface area contributed by atoms with Crippen LogP contribution in [-0.4, -0.2) is 40.2 Å². The number of benzene rings is 3. The maximum atomic E-state index is 14.6. The van der Waals surface area contributed by atoms with Crippen LogP contribution in [0.1, 0.15) is 28.4 Å². The molecule has 4 aromatic rings. The van der Waals surface area contributed by atoms with E-state index >= 15 is 0 Å². The maximum Gasteiger partial charge on any atom is 0.331 e. The summed E-state index contributed by atoms with van der Waals surface area (Å²) in [5, 5.41) is 0. The molecule has 5 rings (SSSR count). The Morgan fingerprint density at radius 1 is 0.762 bits per heavy atom. The Bertz CT molecular complexity index is 1680. The molecule has 2 N–H and O–H groups in total. The maximum absolute atomic E-state index is 14.6. The number of anilines is 1. The minimum atomic E-state index is -0.912. The van der Waals surface area contributed by atoms with Crippen LogP contribution in [0.3, 0.4) is 0 Å². The molecule has 1 fully saturated rings. The van der Waals surface area contributed by atoms with E-state index in [0.717, 1.165) is 34.4 Å². The van der Waals surface area contributed by atoms with Crippen LogP contribution in [0.5, 0.6) is 0 Å². The lowest BCUT2D eigenvalue weighted by atomic mass is 10.1. The molecular formula is C31H31F4N5O2. The van der Waals surface area contributed by atoms with Gasteiger partial charge in [-0.2, -0.15) is 0 Å². The van der Waals surface area contributed by atoms with E-state index in [9.17, 15) is 27.2 Å². The highest BCUT2D eigenvalue weighted by Crippen LogP contribution is 2.21. The van der Waals surface area contributed by atoms with E-state index in [2.05, 4.69) is 0 Å². The predicted octanol–water partition coefficient (Wildman–Crippen LogP) is 3.95. The van der Waals surface area contributed by atoms with Crippen molar-refractivity contribution < 1.29 is 17.6 Å². The fraction of sp³-hybridized carbons (Fsp3) is 0.290. The molecule has 0 unspecified atom stereocenters. The van der Waals surface area contributed by atoms with Crippen molar-refractivity contribution in [1.82, 2.24) is 14.0 Å². The minimum Gasteiger partial charge on any atom is -0.363 e. The number of hydrogen-bond acceptors (Lipinski definition) is 5. The molecule has 0 saturated carbocycles. The van der Waals surface area contributed by atoms with Gasteiger partial charge in [-0.15, -0.1) is 0 Å². The first-order chi connectivity index (χ1) is 20.1. The molecule has 2 heterocycles. The molecule has 0 spiro atoms. The van der Waals surface area contributed by atoms with E-state index in [4.69, 9.17) is 5.73 Å². The Balaban J connectivity index is 1.49. The first-order valence-corrected chi connectivity index (χ1v) is 13.6. The van der Waals surface area contributed by atoms with Gasteiger partial charge >= 0.3 is 5.69 Å². The van der Waals surface area contributed by atoms with Crippen molar-refractivity contribution >= 4 is 5.69 Å². The average Bonchev–Trinajstić information content (AvgIpc) is 2.98. The summed E-state index contributed by atoms with van der Waals surface area (Å²) < 4.78 is 58.5. The molecule has 1 atom stereocenters. The molecule has 0 amide bonds. The van der Waals surface area contributed by atoms with Crippen molar-refractivity contribution in [2.45, 2.75) is 32.6 Å². The van der Waals surface area contributed by atoms with E-state index in [0.29, 0.717) is 38.3 Å². The Morgan fingerprint density at radius 2 is 1.43 bits per heavy atom. The van der Waals surface area contributed by atoms with Gasteiger partial charge in [0.25, 0.3) is 5.56 Å². The lowest BCUT2D eigenvalue weighted by Gasteiger charge is -2.37. The van der Waals surface area contributed by atoms with Crippen LogP contribution in [0.25, 0.3) is 0 Å². The van der Waals surface area contributed by atoms with Gasteiger partial charge in [-0.05, 0) is 42.3 Å². The quantitative estimate of drug-likeness (QED) is 0.319. The van der Waals surface area contributed by atoms with Gasteiger partial charge in [0.05, 0.1) is 13.1 Å². The second-order valence-corrected chi connectivity index (χ2v) is 10.4. The second-order valence-electron chi connectivity index (χ2n) is 10.4. The molecule has 42 heavy (non-hydrogen) atoms. The van der Waals surface area contributed by atoms with Crippen LogP contribution in [0.2, 0.25) is 0 Å². The van der Waals surface area contributed by atoms with E-state index < -0.39 is 47.1 Å². The minimum absolute atomic E-state index is 0.134. The monoisotopic (exact) mass is 581 g/mol. The van der Waals surface area contributed by atoms with Crippen molar-refractivity contribution in [1.29, 1.82) is 0 Å². The van der Waals surface area contributed by atoms with Gasteiger partial charge in [-0.3, -0.25) is 18.8 Å².